The van der Waals surface area contributed by atoms with Crippen LogP contribution in [0.3, 0.4) is 0 Å². The molecule has 1 rings (SSSR count). The third-order valence-electron chi connectivity index (χ3n) is 2.59. The average molecular weight is 266 g/mol. The Morgan fingerprint density at radius 2 is 2.42 bits per heavy atom. The molecule has 0 saturated carbocycles. The van der Waals surface area contributed by atoms with Gasteiger partial charge in [0.05, 0.1) is 6.33 Å². The zero-order valence-electron chi connectivity index (χ0n) is 10.8. The SMILES string of the molecule is C=CCN(CC)C(=O)NC(Cc1cnc[nH]1)C(=O)O. The Labute approximate surface area is 111 Å². The van der Waals surface area contributed by atoms with Crippen LogP contribution in [0.4, 0.5) is 4.79 Å². The van der Waals surface area contributed by atoms with E-state index in [-0.39, 0.29) is 6.42 Å². The van der Waals surface area contributed by atoms with Gasteiger partial charge in [0.15, 0.2) is 0 Å². The van der Waals surface area contributed by atoms with Gasteiger partial charge in [0.2, 0.25) is 0 Å². The minimum absolute atomic E-state index is 0.159. The first-order chi connectivity index (χ1) is 9.08. The number of urea groups is 1. The van der Waals surface area contributed by atoms with Gasteiger partial charge in [-0.15, -0.1) is 6.58 Å². The summed E-state index contributed by atoms with van der Waals surface area (Å²) in [4.78, 5) is 31.1. The van der Waals surface area contributed by atoms with Crippen LogP contribution in [0.5, 0.6) is 0 Å². The second kappa shape index (κ2) is 7.20. The number of imidazole rings is 1. The van der Waals surface area contributed by atoms with Gasteiger partial charge < -0.3 is 20.3 Å². The van der Waals surface area contributed by atoms with Crippen LogP contribution in [0.25, 0.3) is 0 Å². The normalized spacial score (nSPS) is 11.6. The molecule has 0 saturated heterocycles. The Hall–Kier alpha value is -2.31. The van der Waals surface area contributed by atoms with Crippen molar-refractivity contribution in [2.24, 2.45) is 0 Å². The number of likely N-dealkylation sites (N-methyl/N-ethyl adjacent to an activating group) is 1. The van der Waals surface area contributed by atoms with Crippen molar-refractivity contribution in [3.63, 3.8) is 0 Å². The second-order valence-electron chi connectivity index (χ2n) is 3.95. The van der Waals surface area contributed by atoms with Gasteiger partial charge in [-0.05, 0) is 6.92 Å². The first-order valence-corrected chi connectivity index (χ1v) is 5.94. The molecule has 0 aliphatic rings. The van der Waals surface area contributed by atoms with Gasteiger partial charge in [0.1, 0.15) is 6.04 Å². The number of aliphatic carboxylic acids is 1. The van der Waals surface area contributed by atoms with Gasteiger partial charge in [-0.2, -0.15) is 0 Å². The van der Waals surface area contributed by atoms with E-state index in [4.69, 9.17) is 5.11 Å². The maximum absolute atomic E-state index is 11.9. The van der Waals surface area contributed by atoms with Crippen LogP contribution in [0, 0.1) is 0 Å². The van der Waals surface area contributed by atoms with Crippen LogP contribution in [-0.4, -0.2) is 51.1 Å². The molecule has 7 heteroatoms. The Morgan fingerprint density at radius 3 is 2.89 bits per heavy atom. The van der Waals surface area contributed by atoms with E-state index < -0.39 is 18.0 Å². The molecule has 1 unspecified atom stereocenters. The van der Waals surface area contributed by atoms with Gasteiger partial charge in [0.25, 0.3) is 0 Å². The van der Waals surface area contributed by atoms with Gasteiger partial charge >= 0.3 is 12.0 Å². The molecule has 7 nitrogen and oxygen atoms in total. The number of nitrogens with one attached hydrogen (secondary N) is 2. The molecule has 2 amide bonds. The van der Waals surface area contributed by atoms with Crippen LogP contribution in [0.2, 0.25) is 0 Å². The summed E-state index contributed by atoms with van der Waals surface area (Å²) in [6.07, 6.45) is 4.75. The molecule has 19 heavy (non-hydrogen) atoms. The van der Waals surface area contributed by atoms with Crippen molar-refractivity contribution in [1.82, 2.24) is 20.2 Å². The van der Waals surface area contributed by atoms with Crippen molar-refractivity contribution in [3.05, 3.63) is 30.9 Å². The molecular formula is C12H18N4O3. The van der Waals surface area contributed by atoms with E-state index in [0.717, 1.165) is 0 Å². The predicted octanol–water partition coefficient (Wildman–Crippen LogP) is 0.623. The monoisotopic (exact) mass is 266 g/mol. The number of carboxylic acids is 1. The molecule has 0 aliphatic heterocycles. The van der Waals surface area contributed by atoms with Gasteiger partial charge in [0, 0.05) is 31.4 Å². The fourth-order valence-corrected chi connectivity index (χ4v) is 1.57. The summed E-state index contributed by atoms with van der Waals surface area (Å²) >= 11 is 0. The number of aromatic nitrogens is 2. The third kappa shape index (κ3) is 4.46. The minimum Gasteiger partial charge on any atom is -0.480 e. The maximum Gasteiger partial charge on any atom is 0.326 e. The van der Waals surface area contributed by atoms with Crippen LogP contribution in [0.1, 0.15) is 12.6 Å². The molecule has 1 heterocycles. The summed E-state index contributed by atoms with van der Waals surface area (Å²) in [5.41, 5.74) is 0.652. The number of hydrogen-bond donors (Lipinski definition) is 3. The summed E-state index contributed by atoms with van der Waals surface area (Å²) < 4.78 is 0. The highest BCUT2D eigenvalue weighted by molar-refractivity contribution is 5.82. The highest BCUT2D eigenvalue weighted by Crippen LogP contribution is 2.00. The highest BCUT2D eigenvalue weighted by atomic mass is 16.4. The number of nitrogens with zero attached hydrogens (tertiary/aromatic N) is 2. The smallest absolute Gasteiger partial charge is 0.326 e. The number of aromatic amines is 1. The third-order valence-corrected chi connectivity index (χ3v) is 2.59. The first-order valence-electron chi connectivity index (χ1n) is 5.94. The molecule has 0 bridgehead atoms. The summed E-state index contributed by atoms with van der Waals surface area (Å²) in [5, 5.41) is 11.6. The van der Waals surface area contributed by atoms with E-state index >= 15 is 0 Å². The lowest BCUT2D eigenvalue weighted by Crippen LogP contribution is -2.48. The van der Waals surface area contributed by atoms with E-state index in [1.54, 1.807) is 6.08 Å². The lowest BCUT2D eigenvalue weighted by molar-refractivity contribution is -0.139. The number of amides is 2. The summed E-state index contributed by atoms with van der Waals surface area (Å²) in [5.74, 6) is -1.09. The molecule has 1 aromatic rings. The van der Waals surface area contributed by atoms with Gasteiger partial charge in [-0.1, -0.05) is 6.08 Å². The Kier molecular flexibility index (Phi) is 5.59. The molecule has 0 fully saturated rings. The van der Waals surface area contributed by atoms with Crippen molar-refractivity contribution in [3.8, 4) is 0 Å². The standard InChI is InChI=1S/C12H18N4O3/c1-3-5-16(4-2)12(19)15-10(11(17)18)6-9-7-13-8-14-9/h3,7-8,10H,1,4-6H2,2H3,(H,13,14)(H,15,19)(H,17,18). The van der Waals surface area contributed by atoms with E-state index in [1.807, 2.05) is 6.92 Å². The maximum atomic E-state index is 11.9. The molecular weight excluding hydrogens is 248 g/mol. The van der Waals surface area contributed by atoms with Crippen molar-refractivity contribution >= 4 is 12.0 Å². The lowest BCUT2D eigenvalue weighted by atomic mass is 10.1. The predicted molar refractivity (Wildman–Crippen MR) is 69.7 cm³/mol. The number of H-pyrrole nitrogens is 1. The minimum atomic E-state index is -1.09. The van der Waals surface area contributed by atoms with E-state index in [2.05, 4.69) is 21.9 Å². The zero-order valence-corrected chi connectivity index (χ0v) is 10.8. The zero-order chi connectivity index (χ0) is 14.3. The largest absolute Gasteiger partial charge is 0.480 e. The van der Waals surface area contributed by atoms with Crippen LogP contribution >= 0.6 is 0 Å². The Morgan fingerprint density at radius 1 is 1.68 bits per heavy atom. The fraction of sp³-hybridized carbons (Fsp3) is 0.417. The van der Waals surface area contributed by atoms with Crippen LogP contribution in [-0.2, 0) is 11.2 Å². The number of rotatable bonds is 7. The van der Waals surface area contributed by atoms with Gasteiger partial charge in [-0.3, -0.25) is 0 Å². The summed E-state index contributed by atoms with van der Waals surface area (Å²) in [6, 6.07) is -1.42. The molecule has 0 aliphatic carbocycles. The number of carbonyl (C=O) groups is 2. The highest BCUT2D eigenvalue weighted by Gasteiger charge is 2.23. The molecule has 1 atom stereocenters. The van der Waals surface area contributed by atoms with Crippen LogP contribution in [0.15, 0.2) is 25.2 Å². The molecule has 0 radical (unpaired) electrons. The Balaban J connectivity index is 2.65. The second-order valence-corrected chi connectivity index (χ2v) is 3.95. The molecule has 104 valence electrons. The number of carboxylic acid groups (broad SMARTS) is 1. The fourth-order valence-electron chi connectivity index (χ4n) is 1.57. The summed E-state index contributed by atoms with van der Waals surface area (Å²) in [6.45, 7) is 6.22. The molecule has 0 aromatic carbocycles. The number of hydrogen-bond acceptors (Lipinski definition) is 3. The van der Waals surface area contributed by atoms with E-state index in [1.165, 1.54) is 17.4 Å². The topological polar surface area (TPSA) is 98.3 Å². The lowest BCUT2D eigenvalue weighted by Gasteiger charge is -2.22. The van der Waals surface area contributed by atoms with Crippen molar-refractivity contribution in [2.75, 3.05) is 13.1 Å². The first kappa shape index (κ1) is 14.7. The molecule has 1 aromatic heterocycles. The molecule has 0 spiro atoms. The number of carbonyl (C=O) groups excluding carboxylic acids is 1. The van der Waals surface area contributed by atoms with Crippen molar-refractivity contribution < 1.29 is 14.7 Å². The van der Waals surface area contributed by atoms with Gasteiger partial charge in [-0.25, -0.2) is 14.6 Å². The van der Waals surface area contributed by atoms with E-state index in [9.17, 15) is 9.59 Å². The van der Waals surface area contributed by atoms with Crippen molar-refractivity contribution in [2.45, 2.75) is 19.4 Å². The van der Waals surface area contributed by atoms with E-state index in [0.29, 0.717) is 18.8 Å². The average Bonchev–Trinajstić information content (AvgIpc) is 2.87. The molecule has 3 N–H and O–H groups in total. The Bertz CT molecular complexity index is 430. The summed E-state index contributed by atoms with van der Waals surface area (Å²) in [7, 11) is 0. The quantitative estimate of drug-likeness (QED) is 0.630. The van der Waals surface area contributed by atoms with Crippen LogP contribution < -0.4 is 5.32 Å². The van der Waals surface area contributed by atoms with Crippen molar-refractivity contribution in [1.29, 1.82) is 0 Å².